The van der Waals surface area contributed by atoms with Crippen molar-refractivity contribution in [2.75, 3.05) is 6.54 Å². The van der Waals surface area contributed by atoms with Gasteiger partial charge in [-0.3, -0.25) is 9.98 Å². The van der Waals surface area contributed by atoms with Crippen LogP contribution in [0.1, 0.15) is 41.5 Å². The summed E-state index contributed by atoms with van der Waals surface area (Å²) in [5.41, 5.74) is 4.86. The van der Waals surface area contributed by atoms with Gasteiger partial charge in [-0.2, -0.15) is 0 Å². The lowest BCUT2D eigenvalue weighted by Gasteiger charge is -2.16. The van der Waals surface area contributed by atoms with Crippen LogP contribution in [0.15, 0.2) is 57.1 Å². The van der Waals surface area contributed by atoms with Gasteiger partial charge >= 0.3 is 0 Å². The molecule has 1 atom stereocenters. The molecule has 0 fully saturated rings. The molecule has 0 aliphatic heterocycles. The lowest BCUT2D eigenvalue weighted by molar-refractivity contribution is 0.765. The van der Waals surface area contributed by atoms with Gasteiger partial charge in [-0.25, -0.2) is 0 Å². The second-order valence-electron chi connectivity index (χ2n) is 5.58. The van der Waals surface area contributed by atoms with Gasteiger partial charge in [-0.1, -0.05) is 43.7 Å². The maximum absolute atomic E-state index is 4.91. The van der Waals surface area contributed by atoms with Crippen LogP contribution in [-0.4, -0.2) is 24.5 Å². The summed E-state index contributed by atoms with van der Waals surface area (Å²) in [6, 6.07) is 0.117. The van der Waals surface area contributed by atoms with E-state index in [9.17, 15) is 0 Å². The number of aliphatic imine (C=N–C) groups is 2. The van der Waals surface area contributed by atoms with Gasteiger partial charge < -0.3 is 0 Å². The van der Waals surface area contributed by atoms with Gasteiger partial charge in [0.1, 0.15) is 0 Å². The first-order valence-electron chi connectivity index (χ1n) is 7.80. The van der Waals surface area contributed by atoms with Crippen LogP contribution in [0.2, 0.25) is 0 Å². The predicted molar refractivity (Wildman–Crippen MR) is 95.5 cm³/mol. The zero-order valence-electron chi connectivity index (χ0n) is 14.2. The van der Waals surface area contributed by atoms with Crippen LogP contribution in [0, 0.1) is 5.92 Å². The van der Waals surface area contributed by atoms with Crippen LogP contribution in [0.5, 0.6) is 0 Å². The standard InChI is InChI=1S/C19H28N2/c1-7-17(13-20-8-2)16(6)21-19-12-10-9-11-18(19)15(5)14(3)4/h7,9-14,16H,8H2,1-6H3/b17-7+,18-15+,20-13?,21-19?. The average molecular weight is 284 g/mol. The first-order chi connectivity index (χ1) is 10.0. The molecule has 1 aliphatic carbocycles. The van der Waals surface area contributed by atoms with Crippen LogP contribution in [0.25, 0.3) is 0 Å². The maximum atomic E-state index is 4.91. The number of hydrogen-bond donors (Lipinski definition) is 0. The Hall–Kier alpha value is -1.70. The van der Waals surface area contributed by atoms with E-state index in [1.54, 1.807) is 0 Å². The number of nitrogens with zero attached hydrogens (tertiary/aromatic N) is 2. The highest BCUT2D eigenvalue weighted by Crippen LogP contribution is 2.21. The molecule has 0 aromatic rings. The molecule has 0 amide bonds. The molecule has 0 spiro atoms. The molecule has 0 aromatic heterocycles. The minimum Gasteiger partial charge on any atom is -0.293 e. The van der Waals surface area contributed by atoms with Gasteiger partial charge in [0.05, 0.1) is 11.8 Å². The normalized spacial score (nSPS) is 21.7. The van der Waals surface area contributed by atoms with Crippen molar-refractivity contribution in [1.82, 2.24) is 0 Å². The third-order valence-corrected chi connectivity index (χ3v) is 3.77. The van der Waals surface area contributed by atoms with Crippen LogP contribution < -0.4 is 0 Å². The van der Waals surface area contributed by atoms with Gasteiger partial charge in [0.25, 0.3) is 0 Å². The first-order valence-corrected chi connectivity index (χ1v) is 7.80. The van der Waals surface area contributed by atoms with E-state index in [2.05, 4.69) is 63.1 Å². The highest BCUT2D eigenvalue weighted by molar-refractivity contribution is 6.12. The Morgan fingerprint density at radius 1 is 1.19 bits per heavy atom. The lowest BCUT2D eigenvalue weighted by Crippen LogP contribution is -2.12. The fourth-order valence-corrected chi connectivity index (χ4v) is 2.13. The Bertz CT molecular complexity index is 526. The molecule has 21 heavy (non-hydrogen) atoms. The largest absolute Gasteiger partial charge is 0.293 e. The smallest absolute Gasteiger partial charge is 0.0739 e. The molecule has 0 N–H and O–H groups in total. The molecule has 0 saturated heterocycles. The third kappa shape index (κ3) is 4.96. The van der Waals surface area contributed by atoms with Crippen molar-refractivity contribution >= 4 is 11.9 Å². The Kier molecular flexibility index (Phi) is 7.07. The minimum absolute atomic E-state index is 0.117. The first kappa shape index (κ1) is 17.4. The van der Waals surface area contributed by atoms with Crippen molar-refractivity contribution < 1.29 is 0 Å². The number of hydrogen-bond acceptors (Lipinski definition) is 2. The molecular formula is C19H28N2. The molecule has 0 aromatic carbocycles. The molecule has 1 unspecified atom stereocenters. The van der Waals surface area contributed by atoms with Crippen molar-refractivity contribution in [3.05, 3.63) is 47.1 Å². The fourth-order valence-electron chi connectivity index (χ4n) is 2.13. The average Bonchev–Trinajstić information content (AvgIpc) is 2.47. The molecule has 0 heterocycles. The molecule has 114 valence electrons. The Morgan fingerprint density at radius 3 is 2.43 bits per heavy atom. The number of allylic oxidation sites excluding steroid dienone is 7. The second-order valence-corrected chi connectivity index (χ2v) is 5.58. The summed E-state index contributed by atoms with van der Waals surface area (Å²) in [5.74, 6) is 0.527. The van der Waals surface area contributed by atoms with E-state index in [4.69, 9.17) is 4.99 Å². The minimum atomic E-state index is 0.117. The van der Waals surface area contributed by atoms with Gasteiger partial charge in [-0.15, -0.1) is 0 Å². The topological polar surface area (TPSA) is 24.7 Å². The maximum Gasteiger partial charge on any atom is 0.0739 e. The molecule has 1 rings (SSSR count). The van der Waals surface area contributed by atoms with Gasteiger partial charge in [0, 0.05) is 12.8 Å². The van der Waals surface area contributed by atoms with E-state index < -0.39 is 0 Å². The van der Waals surface area contributed by atoms with Crippen LogP contribution in [0.4, 0.5) is 0 Å². The van der Waals surface area contributed by atoms with Gasteiger partial charge in [-0.05, 0) is 50.8 Å². The van der Waals surface area contributed by atoms with E-state index in [-0.39, 0.29) is 6.04 Å². The second kappa shape index (κ2) is 8.56. The van der Waals surface area contributed by atoms with E-state index in [1.165, 1.54) is 11.1 Å². The molecule has 0 saturated carbocycles. The van der Waals surface area contributed by atoms with Crippen molar-refractivity contribution in [2.24, 2.45) is 15.9 Å². The molecule has 0 radical (unpaired) electrons. The summed E-state index contributed by atoms with van der Waals surface area (Å²) < 4.78 is 0. The van der Waals surface area contributed by atoms with E-state index in [0.717, 1.165) is 17.8 Å². The predicted octanol–water partition coefficient (Wildman–Crippen LogP) is 4.95. The molecule has 0 bridgehead atoms. The summed E-state index contributed by atoms with van der Waals surface area (Å²) in [6.07, 6.45) is 12.4. The van der Waals surface area contributed by atoms with Crippen LogP contribution in [-0.2, 0) is 0 Å². The number of rotatable bonds is 5. The summed E-state index contributed by atoms with van der Waals surface area (Å²) in [5, 5.41) is 0. The quantitative estimate of drug-likeness (QED) is 0.638. The summed E-state index contributed by atoms with van der Waals surface area (Å²) >= 11 is 0. The fraction of sp³-hybridized carbons (Fsp3) is 0.474. The lowest BCUT2D eigenvalue weighted by atomic mass is 9.93. The van der Waals surface area contributed by atoms with Crippen LogP contribution >= 0.6 is 0 Å². The monoisotopic (exact) mass is 284 g/mol. The van der Waals surface area contributed by atoms with Crippen molar-refractivity contribution in [3.63, 3.8) is 0 Å². The zero-order chi connectivity index (χ0) is 15.8. The van der Waals surface area contributed by atoms with E-state index in [1.807, 2.05) is 20.1 Å². The van der Waals surface area contributed by atoms with E-state index >= 15 is 0 Å². The summed E-state index contributed by atoms with van der Waals surface area (Å²) in [4.78, 5) is 9.24. The van der Waals surface area contributed by atoms with Crippen molar-refractivity contribution in [2.45, 2.75) is 47.6 Å². The summed E-state index contributed by atoms with van der Waals surface area (Å²) in [6.45, 7) is 13.7. The SMILES string of the molecule is C/C=C(\C=NCC)C(C)N=C1C=CC=C/C1=C(/C)C(C)C. The van der Waals surface area contributed by atoms with Gasteiger partial charge in [0.15, 0.2) is 0 Å². The molecular weight excluding hydrogens is 256 g/mol. The summed E-state index contributed by atoms with van der Waals surface area (Å²) in [7, 11) is 0. The Balaban J connectivity index is 3.11. The molecule has 2 nitrogen and oxygen atoms in total. The Morgan fingerprint density at radius 2 is 1.86 bits per heavy atom. The van der Waals surface area contributed by atoms with Crippen molar-refractivity contribution in [1.29, 1.82) is 0 Å². The highest BCUT2D eigenvalue weighted by atomic mass is 14.8. The molecule has 2 heteroatoms. The van der Waals surface area contributed by atoms with E-state index in [0.29, 0.717) is 5.92 Å². The zero-order valence-corrected chi connectivity index (χ0v) is 14.2. The Labute approximate surface area is 129 Å². The third-order valence-electron chi connectivity index (χ3n) is 3.77. The van der Waals surface area contributed by atoms with Crippen molar-refractivity contribution in [3.8, 4) is 0 Å². The van der Waals surface area contributed by atoms with Crippen LogP contribution in [0.3, 0.4) is 0 Å². The van der Waals surface area contributed by atoms with Gasteiger partial charge in [0.2, 0.25) is 0 Å². The highest BCUT2D eigenvalue weighted by Gasteiger charge is 2.12. The molecule has 1 aliphatic rings.